The molecule has 0 aromatic heterocycles. The van der Waals surface area contributed by atoms with Crippen LogP contribution in [0.4, 0.5) is 15.8 Å². The number of ketones is 1. The summed E-state index contributed by atoms with van der Waals surface area (Å²) in [7, 11) is 0. The van der Waals surface area contributed by atoms with Crippen LogP contribution in [0.5, 0.6) is 5.75 Å². The molecule has 0 aliphatic carbocycles. The number of ether oxygens (including phenoxy) is 1. The van der Waals surface area contributed by atoms with E-state index in [9.17, 15) is 28.8 Å². The Balaban J connectivity index is 1.04. The standard InChI is InChI=1S/C44H50ClFN6O5S/c1-26(2)36-20-34(52-43(58)51(42(56)44(52,5)6)33-10-8-31(22-47)37(45)21-33)11-13-39(36)57-16-15-49-23-27(3)50(28(4)24-49)25-35(53)19-32-18-29(7-12-38(32)46)17-30-9-14-40(54)48-41(30)55/h7-8,10-13,18,20-21,26-28,30H,9,14-17,19,23-25H2,1-6H3,(H,48,54,55)/t27-,28+,30?. The molecule has 58 heavy (non-hydrogen) atoms. The van der Waals surface area contributed by atoms with E-state index in [-0.39, 0.29) is 71.8 Å². The lowest BCUT2D eigenvalue weighted by atomic mass is 9.90. The monoisotopic (exact) mass is 828 g/mol. The van der Waals surface area contributed by atoms with Gasteiger partial charge in [0.05, 0.1) is 22.8 Å². The molecule has 3 atom stereocenters. The number of anilines is 2. The summed E-state index contributed by atoms with van der Waals surface area (Å²) in [6.45, 7) is 14.8. The number of amides is 3. The van der Waals surface area contributed by atoms with Gasteiger partial charge in [-0.2, -0.15) is 5.26 Å². The van der Waals surface area contributed by atoms with Crippen molar-refractivity contribution in [3.8, 4) is 11.8 Å². The molecule has 3 fully saturated rings. The highest BCUT2D eigenvalue weighted by Crippen LogP contribution is 2.40. The van der Waals surface area contributed by atoms with Crippen LogP contribution in [0.15, 0.2) is 54.6 Å². The second-order valence-electron chi connectivity index (χ2n) is 16.4. The quantitative estimate of drug-likeness (QED) is 0.149. The topological polar surface area (TPSA) is 126 Å². The number of hydrogen-bond acceptors (Lipinski definition) is 9. The number of thiocarbonyl (C=S) groups is 1. The van der Waals surface area contributed by atoms with E-state index in [2.05, 4.69) is 42.8 Å². The van der Waals surface area contributed by atoms with Gasteiger partial charge in [0.25, 0.3) is 5.91 Å². The fourth-order valence-electron chi connectivity index (χ4n) is 8.27. The molecule has 3 aliphatic heterocycles. The number of carbonyl (C=O) groups is 4. The van der Waals surface area contributed by atoms with Gasteiger partial charge in [-0.3, -0.25) is 39.2 Å². The Hall–Kier alpha value is -4.74. The first kappa shape index (κ1) is 42.9. The highest BCUT2D eigenvalue weighted by Gasteiger charge is 2.50. The molecule has 11 nitrogen and oxygen atoms in total. The SMILES string of the molecule is CC(C)c1cc(N2C(=S)N(c3ccc(C#N)c(Cl)c3)C(=O)C2(C)C)ccc1OCCN1C[C@@H](C)N(CC(=O)Cc2cc(CC3CCC(=O)NC3=O)ccc2F)[C@@H](C)C1. The zero-order valence-corrected chi connectivity index (χ0v) is 35.4. The minimum Gasteiger partial charge on any atom is -0.492 e. The number of nitriles is 1. The van der Waals surface area contributed by atoms with Crippen molar-refractivity contribution in [3.05, 3.63) is 87.7 Å². The van der Waals surface area contributed by atoms with Gasteiger partial charge in [-0.1, -0.05) is 37.6 Å². The molecule has 0 radical (unpaired) electrons. The Morgan fingerprint density at radius 2 is 1.76 bits per heavy atom. The maximum Gasteiger partial charge on any atom is 0.259 e. The number of hydrogen-bond donors (Lipinski definition) is 1. The molecule has 3 aliphatic rings. The van der Waals surface area contributed by atoms with Crippen LogP contribution in [0.25, 0.3) is 0 Å². The summed E-state index contributed by atoms with van der Waals surface area (Å²) in [5.41, 5.74) is 2.64. The minimum atomic E-state index is -0.991. The van der Waals surface area contributed by atoms with Crippen molar-refractivity contribution in [3.63, 3.8) is 0 Å². The minimum absolute atomic E-state index is 0.0406. The van der Waals surface area contributed by atoms with Crippen LogP contribution in [-0.2, 0) is 32.0 Å². The summed E-state index contributed by atoms with van der Waals surface area (Å²) >= 11 is 12.2. The maximum absolute atomic E-state index is 14.8. The Morgan fingerprint density at radius 3 is 2.41 bits per heavy atom. The number of rotatable bonds is 13. The fraction of sp³-hybridized carbons (Fsp3) is 0.455. The Labute approximate surface area is 350 Å². The highest BCUT2D eigenvalue weighted by molar-refractivity contribution is 7.81. The van der Waals surface area contributed by atoms with Crippen molar-refractivity contribution in [2.45, 2.75) is 90.8 Å². The van der Waals surface area contributed by atoms with Gasteiger partial charge < -0.3 is 9.64 Å². The third-order valence-corrected chi connectivity index (χ3v) is 12.1. The van der Waals surface area contributed by atoms with E-state index >= 15 is 0 Å². The lowest BCUT2D eigenvalue weighted by Gasteiger charge is -2.44. The van der Waals surface area contributed by atoms with Gasteiger partial charge in [0, 0.05) is 56.2 Å². The number of carbonyl (C=O) groups excluding carboxylic acids is 4. The summed E-state index contributed by atoms with van der Waals surface area (Å²) in [5, 5.41) is 12.2. The van der Waals surface area contributed by atoms with E-state index in [1.54, 1.807) is 30.3 Å². The molecule has 6 rings (SSSR count). The largest absolute Gasteiger partial charge is 0.492 e. The van der Waals surface area contributed by atoms with Crippen molar-refractivity contribution < 1.29 is 28.3 Å². The second-order valence-corrected chi connectivity index (χ2v) is 17.2. The van der Waals surface area contributed by atoms with Gasteiger partial charge in [0.1, 0.15) is 29.8 Å². The molecule has 3 amide bonds. The molecule has 0 saturated carbocycles. The zero-order valence-electron chi connectivity index (χ0n) is 33.8. The van der Waals surface area contributed by atoms with Crippen molar-refractivity contribution >= 4 is 63.8 Å². The number of nitrogens with zero attached hydrogens (tertiary/aromatic N) is 5. The number of imide groups is 1. The molecular weight excluding hydrogens is 779 g/mol. The third kappa shape index (κ3) is 9.10. The normalized spacial score (nSPS) is 21.4. The summed E-state index contributed by atoms with van der Waals surface area (Å²) in [4.78, 5) is 58.7. The van der Waals surface area contributed by atoms with E-state index in [0.29, 0.717) is 47.9 Å². The number of piperazine rings is 1. The lowest BCUT2D eigenvalue weighted by Crippen LogP contribution is -2.58. The number of benzene rings is 3. The smallest absolute Gasteiger partial charge is 0.259 e. The van der Waals surface area contributed by atoms with Crippen molar-refractivity contribution in [1.82, 2.24) is 15.1 Å². The van der Waals surface area contributed by atoms with Gasteiger partial charge >= 0.3 is 0 Å². The van der Waals surface area contributed by atoms with Crippen LogP contribution < -0.4 is 19.9 Å². The van der Waals surface area contributed by atoms with E-state index in [0.717, 1.165) is 35.7 Å². The second kappa shape index (κ2) is 17.6. The van der Waals surface area contributed by atoms with E-state index in [1.165, 1.54) is 11.0 Å². The first-order valence-electron chi connectivity index (χ1n) is 19.7. The van der Waals surface area contributed by atoms with E-state index in [4.69, 9.17) is 28.6 Å². The summed E-state index contributed by atoms with van der Waals surface area (Å²) in [5.74, 6) is -0.811. The van der Waals surface area contributed by atoms with Crippen LogP contribution in [0.1, 0.15) is 82.6 Å². The van der Waals surface area contributed by atoms with Crippen LogP contribution in [-0.4, -0.2) is 88.8 Å². The molecule has 306 valence electrons. The predicted molar refractivity (Wildman–Crippen MR) is 226 cm³/mol. The van der Waals surface area contributed by atoms with Gasteiger partial charge in [-0.15, -0.1) is 0 Å². The van der Waals surface area contributed by atoms with E-state index < -0.39 is 11.4 Å². The molecule has 1 unspecified atom stereocenters. The molecule has 3 saturated heterocycles. The van der Waals surface area contributed by atoms with Gasteiger partial charge in [0.15, 0.2) is 10.9 Å². The van der Waals surface area contributed by atoms with Crippen LogP contribution in [0, 0.1) is 23.1 Å². The molecule has 1 N–H and O–H groups in total. The molecule has 3 heterocycles. The van der Waals surface area contributed by atoms with Crippen molar-refractivity contribution in [1.29, 1.82) is 5.26 Å². The molecular formula is C44H50ClFN6O5S. The third-order valence-electron chi connectivity index (χ3n) is 11.4. The van der Waals surface area contributed by atoms with Crippen LogP contribution >= 0.6 is 23.8 Å². The molecule has 3 aromatic carbocycles. The Bertz CT molecular complexity index is 2160. The van der Waals surface area contributed by atoms with Gasteiger partial charge in [-0.25, -0.2) is 4.39 Å². The average Bonchev–Trinajstić information content (AvgIpc) is 3.34. The molecule has 0 bridgehead atoms. The first-order chi connectivity index (χ1) is 27.5. The summed E-state index contributed by atoms with van der Waals surface area (Å²) in [6.07, 6.45) is 1.08. The number of halogens is 2. The highest BCUT2D eigenvalue weighted by atomic mass is 35.5. The summed E-state index contributed by atoms with van der Waals surface area (Å²) < 4.78 is 21.2. The average molecular weight is 829 g/mol. The number of piperidine rings is 1. The molecule has 3 aromatic rings. The maximum atomic E-state index is 14.8. The first-order valence-corrected chi connectivity index (χ1v) is 20.5. The predicted octanol–water partition coefficient (Wildman–Crippen LogP) is 6.57. The van der Waals surface area contributed by atoms with Crippen LogP contribution in [0.2, 0.25) is 5.02 Å². The molecule has 14 heteroatoms. The van der Waals surface area contributed by atoms with E-state index in [1.807, 2.05) is 43.0 Å². The Kier molecular flexibility index (Phi) is 13.0. The summed E-state index contributed by atoms with van der Waals surface area (Å²) in [6, 6.07) is 17.6. The zero-order chi connectivity index (χ0) is 42.1. The van der Waals surface area contributed by atoms with Gasteiger partial charge in [-0.05, 0) is 118 Å². The lowest BCUT2D eigenvalue weighted by molar-refractivity contribution is -0.136. The Morgan fingerprint density at radius 1 is 1.05 bits per heavy atom. The number of nitrogens with one attached hydrogen (secondary N) is 1. The van der Waals surface area contributed by atoms with Crippen LogP contribution in [0.3, 0.4) is 0 Å². The number of Topliss-reactive ketones (excluding diaryl/α,β-unsaturated/α-hetero) is 1. The van der Waals surface area contributed by atoms with Gasteiger partial charge in [0.2, 0.25) is 11.8 Å². The molecule has 0 spiro atoms. The van der Waals surface area contributed by atoms with Crippen molar-refractivity contribution in [2.75, 3.05) is 42.6 Å². The fourth-order valence-corrected chi connectivity index (χ4v) is 9.01. The van der Waals surface area contributed by atoms with Crippen molar-refractivity contribution in [2.24, 2.45) is 5.92 Å².